The van der Waals surface area contributed by atoms with Gasteiger partial charge in [0.15, 0.2) is 0 Å². The van der Waals surface area contributed by atoms with Crippen molar-refractivity contribution in [1.82, 2.24) is 5.32 Å². The lowest BCUT2D eigenvalue weighted by Crippen LogP contribution is -2.23. The van der Waals surface area contributed by atoms with Crippen molar-refractivity contribution in [3.05, 3.63) is 65.2 Å². The first-order chi connectivity index (χ1) is 9.92. The smallest absolute Gasteiger partial charge is 0.405 e. The van der Waals surface area contributed by atoms with E-state index in [-0.39, 0.29) is 11.8 Å². The lowest BCUT2D eigenvalue weighted by atomic mass is 9.94. The highest BCUT2D eigenvalue weighted by atomic mass is 19.4. The van der Waals surface area contributed by atoms with E-state index in [0.717, 1.165) is 11.1 Å². The molecule has 2 aromatic carbocycles. The first-order valence-electron chi connectivity index (χ1n) is 6.50. The molecule has 0 spiro atoms. The molecule has 1 atom stereocenters. The third-order valence-electron chi connectivity index (χ3n) is 3.24. The Kier molecular flexibility index (Phi) is 4.53. The highest BCUT2D eigenvalue weighted by Gasteiger charge is 2.33. The van der Waals surface area contributed by atoms with Crippen molar-refractivity contribution in [1.29, 1.82) is 0 Å². The molecule has 0 fully saturated rings. The average molecular weight is 295 g/mol. The van der Waals surface area contributed by atoms with Gasteiger partial charge in [-0.25, -0.2) is 0 Å². The van der Waals surface area contributed by atoms with Crippen LogP contribution in [0.4, 0.5) is 13.2 Å². The Labute approximate surface area is 121 Å². The van der Waals surface area contributed by atoms with Gasteiger partial charge in [0.05, 0.1) is 6.04 Å². The Morgan fingerprint density at radius 2 is 1.52 bits per heavy atom. The van der Waals surface area contributed by atoms with Crippen LogP contribution in [0.5, 0.6) is 5.75 Å². The summed E-state index contributed by atoms with van der Waals surface area (Å²) >= 11 is 0. The number of rotatable bonds is 4. The van der Waals surface area contributed by atoms with Gasteiger partial charge in [-0.05, 0) is 31.2 Å². The van der Waals surface area contributed by atoms with Gasteiger partial charge in [-0.1, -0.05) is 42.5 Å². The molecule has 0 heterocycles. The van der Waals surface area contributed by atoms with E-state index in [4.69, 9.17) is 0 Å². The molecule has 0 radical (unpaired) electrons. The fourth-order valence-corrected chi connectivity index (χ4v) is 2.33. The maximum atomic E-state index is 12.5. The van der Waals surface area contributed by atoms with E-state index < -0.39 is 6.36 Å². The van der Waals surface area contributed by atoms with Gasteiger partial charge in [-0.3, -0.25) is 0 Å². The van der Waals surface area contributed by atoms with Gasteiger partial charge in [0.25, 0.3) is 0 Å². The monoisotopic (exact) mass is 295 g/mol. The predicted molar refractivity (Wildman–Crippen MR) is 75.2 cm³/mol. The molecule has 0 bridgehead atoms. The van der Waals surface area contributed by atoms with Crippen molar-refractivity contribution >= 4 is 0 Å². The summed E-state index contributed by atoms with van der Waals surface area (Å²) in [5, 5.41) is 3.05. The quantitative estimate of drug-likeness (QED) is 0.912. The molecular formula is C16H16F3NO. The van der Waals surface area contributed by atoms with Crippen LogP contribution in [0.1, 0.15) is 22.7 Å². The van der Waals surface area contributed by atoms with Crippen molar-refractivity contribution in [2.75, 3.05) is 7.05 Å². The van der Waals surface area contributed by atoms with Crippen molar-refractivity contribution < 1.29 is 17.9 Å². The van der Waals surface area contributed by atoms with E-state index in [1.54, 1.807) is 19.2 Å². The summed E-state index contributed by atoms with van der Waals surface area (Å²) in [4.78, 5) is 0. The first kappa shape index (κ1) is 15.4. The van der Waals surface area contributed by atoms with Crippen LogP contribution in [-0.4, -0.2) is 13.4 Å². The zero-order valence-electron chi connectivity index (χ0n) is 11.7. The lowest BCUT2D eigenvalue weighted by Gasteiger charge is -2.22. The molecule has 1 unspecified atom stereocenters. The van der Waals surface area contributed by atoms with Crippen LogP contribution < -0.4 is 10.1 Å². The molecule has 21 heavy (non-hydrogen) atoms. The molecule has 2 nitrogen and oxygen atoms in total. The van der Waals surface area contributed by atoms with E-state index in [9.17, 15) is 13.2 Å². The number of hydrogen-bond donors (Lipinski definition) is 1. The fourth-order valence-electron chi connectivity index (χ4n) is 2.33. The maximum Gasteiger partial charge on any atom is 0.573 e. The third-order valence-corrected chi connectivity index (χ3v) is 3.24. The second-order valence-corrected chi connectivity index (χ2v) is 4.66. The molecule has 0 aliphatic rings. The molecule has 2 rings (SSSR count). The summed E-state index contributed by atoms with van der Waals surface area (Å²) in [6.45, 7) is 1.92. The number of alkyl halides is 3. The van der Waals surface area contributed by atoms with Crippen LogP contribution in [0, 0.1) is 6.92 Å². The number of hydrogen-bond acceptors (Lipinski definition) is 2. The molecule has 1 N–H and O–H groups in total. The molecule has 0 saturated carbocycles. The highest BCUT2D eigenvalue weighted by molar-refractivity contribution is 5.43. The number of ether oxygens (including phenoxy) is 1. The minimum Gasteiger partial charge on any atom is -0.405 e. The summed E-state index contributed by atoms with van der Waals surface area (Å²) < 4.78 is 41.7. The normalized spacial score (nSPS) is 13.0. The van der Waals surface area contributed by atoms with Crippen LogP contribution in [-0.2, 0) is 0 Å². The Balaban J connectivity index is 2.46. The molecule has 5 heteroatoms. The number of aryl methyl sites for hydroxylation is 1. The molecule has 0 amide bonds. The number of halogens is 3. The Morgan fingerprint density at radius 3 is 2.10 bits per heavy atom. The Hall–Kier alpha value is -2.01. The van der Waals surface area contributed by atoms with Gasteiger partial charge >= 0.3 is 6.36 Å². The molecule has 0 aromatic heterocycles. The van der Waals surface area contributed by atoms with Crippen molar-refractivity contribution in [2.24, 2.45) is 0 Å². The van der Waals surface area contributed by atoms with Crippen molar-refractivity contribution in [3.63, 3.8) is 0 Å². The zero-order chi connectivity index (χ0) is 15.5. The second-order valence-electron chi connectivity index (χ2n) is 4.66. The average Bonchev–Trinajstić information content (AvgIpc) is 2.42. The largest absolute Gasteiger partial charge is 0.573 e. The summed E-state index contributed by atoms with van der Waals surface area (Å²) in [5.41, 5.74) is 2.36. The van der Waals surface area contributed by atoms with Gasteiger partial charge in [0.2, 0.25) is 0 Å². The van der Waals surface area contributed by atoms with Crippen molar-refractivity contribution in [2.45, 2.75) is 19.3 Å². The molecule has 112 valence electrons. The molecule has 0 aliphatic carbocycles. The molecule has 2 aromatic rings. The fraction of sp³-hybridized carbons (Fsp3) is 0.250. The maximum absolute atomic E-state index is 12.5. The lowest BCUT2D eigenvalue weighted by molar-refractivity contribution is -0.275. The summed E-state index contributed by atoms with van der Waals surface area (Å²) in [7, 11) is 1.71. The van der Waals surface area contributed by atoms with Gasteiger partial charge in [-0.15, -0.1) is 13.2 Å². The van der Waals surface area contributed by atoms with Gasteiger partial charge in [0, 0.05) is 5.56 Å². The summed E-state index contributed by atoms with van der Waals surface area (Å²) in [6.07, 6.45) is -4.71. The van der Waals surface area contributed by atoms with E-state index in [0.29, 0.717) is 5.56 Å². The van der Waals surface area contributed by atoms with Gasteiger partial charge in [0.1, 0.15) is 5.75 Å². The van der Waals surface area contributed by atoms with Crippen LogP contribution in [0.3, 0.4) is 0 Å². The first-order valence-corrected chi connectivity index (χ1v) is 6.50. The van der Waals surface area contributed by atoms with E-state index >= 15 is 0 Å². The van der Waals surface area contributed by atoms with Crippen LogP contribution >= 0.6 is 0 Å². The van der Waals surface area contributed by atoms with E-state index in [1.165, 1.54) is 12.1 Å². The highest BCUT2D eigenvalue weighted by Crippen LogP contribution is 2.34. The minimum absolute atomic E-state index is 0.187. The predicted octanol–water partition coefficient (Wildman–Crippen LogP) is 4.20. The molecular weight excluding hydrogens is 279 g/mol. The van der Waals surface area contributed by atoms with Crippen LogP contribution in [0.2, 0.25) is 0 Å². The van der Waals surface area contributed by atoms with Crippen molar-refractivity contribution in [3.8, 4) is 5.75 Å². The van der Waals surface area contributed by atoms with Gasteiger partial charge in [-0.2, -0.15) is 0 Å². The zero-order valence-corrected chi connectivity index (χ0v) is 11.7. The third kappa shape index (κ3) is 3.76. The topological polar surface area (TPSA) is 21.3 Å². The molecule has 0 aliphatic heterocycles. The van der Waals surface area contributed by atoms with Crippen LogP contribution in [0.25, 0.3) is 0 Å². The summed E-state index contributed by atoms with van der Waals surface area (Å²) in [6, 6.07) is 13.4. The van der Waals surface area contributed by atoms with Gasteiger partial charge < -0.3 is 10.1 Å². The number of para-hydroxylation sites is 1. The second kappa shape index (κ2) is 6.18. The van der Waals surface area contributed by atoms with E-state index in [2.05, 4.69) is 10.1 Å². The standard InChI is InChI=1S/C16H16F3NO/c1-11-7-3-4-8-12(11)15(20-2)13-9-5-6-10-14(13)21-16(17,18)19/h3-10,15,20H,1-2H3. The van der Waals surface area contributed by atoms with Crippen LogP contribution in [0.15, 0.2) is 48.5 Å². The number of benzene rings is 2. The Bertz CT molecular complexity index is 610. The SMILES string of the molecule is CNC(c1ccccc1C)c1ccccc1OC(F)(F)F. The van der Waals surface area contributed by atoms with E-state index in [1.807, 2.05) is 31.2 Å². The Morgan fingerprint density at radius 1 is 0.952 bits per heavy atom. The molecule has 0 saturated heterocycles. The number of nitrogens with one attached hydrogen (secondary N) is 1. The summed E-state index contributed by atoms with van der Waals surface area (Å²) in [5.74, 6) is -0.187. The minimum atomic E-state index is -4.71.